The number of aromatic nitrogens is 2. The van der Waals surface area contributed by atoms with Gasteiger partial charge < -0.3 is 0 Å². The van der Waals surface area contributed by atoms with E-state index in [1.54, 1.807) is 0 Å². The van der Waals surface area contributed by atoms with E-state index in [9.17, 15) is 13.2 Å². The van der Waals surface area contributed by atoms with Crippen molar-refractivity contribution in [2.24, 2.45) is 0 Å². The second kappa shape index (κ2) is 2.17. The van der Waals surface area contributed by atoms with E-state index in [0.717, 1.165) is 6.26 Å². The molecule has 1 aromatic heterocycles. The molecule has 0 aliphatic rings. The van der Waals surface area contributed by atoms with Gasteiger partial charge in [0.1, 0.15) is 0 Å². The number of aromatic amines is 1. The number of sulfone groups is 1. The van der Waals surface area contributed by atoms with Gasteiger partial charge in [0.25, 0.3) is 0 Å². The lowest BCUT2D eigenvalue weighted by Gasteiger charge is -1.83. The summed E-state index contributed by atoms with van der Waals surface area (Å²) in [6.45, 7) is 0. The first-order valence-corrected chi connectivity index (χ1v) is 4.96. The summed E-state index contributed by atoms with van der Waals surface area (Å²) in [4.78, 5) is 9.92. The smallest absolute Gasteiger partial charge is 0.255 e. The van der Waals surface area contributed by atoms with Crippen LogP contribution < -0.4 is 4.87 Å². The van der Waals surface area contributed by atoms with E-state index >= 15 is 0 Å². The molecule has 56 valence electrons. The van der Waals surface area contributed by atoms with Crippen LogP contribution in [-0.4, -0.2) is 24.9 Å². The van der Waals surface area contributed by atoms with E-state index in [4.69, 9.17) is 0 Å². The van der Waals surface area contributed by atoms with Gasteiger partial charge in [0.2, 0.25) is 14.2 Å². The zero-order valence-corrected chi connectivity index (χ0v) is 6.62. The third kappa shape index (κ3) is 1.42. The molecule has 0 spiro atoms. The summed E-state index contributed by atoms with van der Waals surface area (Å²) in [7, 11) is -3.31. The summed E-state index contributed by atoms with van der Waals surface area (Å²) >= 11 is 0.584. The molecule has 5 nitrogen and oxygen atoms in total. The van der Waals surface area contributed by atoms with E-state index in [0.29, 0.717) is 11.3 Å². The Labute approximate surface area is 60.6 Å². The highest BCUT2D eigenvalue weighted by Gasteiger charge is 2.11. The normalized spacial score (nSPS) is 11.7. The summed E-state index contributed by atoms with van der Waals surface area (Å²) < 4.78 is 21.1. The molecule has 0 aliphatic heterocycles. The molecule has 0 unspecified atom stereocenters. The Morgan fingerprint density at radius 1 is 1.60 bits per heavy atom. The van der Waals surface area contributed by atoms with E-state index in [1.165, 1.54) is 0 Å². The van der Waals surface area contributed by atoms with Crippen LogP contribution in [0, 0.1) is 0 Å². The highest BCUT2D eigenvalue weighted by molar-refractivity contribution is 7.92. The van der Waals surface area contributed by atoms with Gasteiger partial charge in [-0.25, -0.2) is 13.5 Å². The minimum absolute atomic E-state index is 0.169. The molecule has 0 fully saturated rings. The maximum absolute atomic E-state index is 10.6. The lowest BCUT2D eigenvalue weighted by atomic mass is 11.5. The van der Waals surface area contributed by atoms with Crippen molar-refractivity contribution in [1.29, 1.82) is 0 Å². The number of hydrogen-bond donors (Lipinski definition) is 1. The number of nitrogens with zero attached hydrogens (tertiary/aromatic N) is 1. The van der Waals surface area contributed by atoms with E-state index < -0.39 is 14.7 Å². The average molecular weight is 180 g/mol. The van der Waals surface area contributed by atoms with Gasteiger partial charge in [-0.1, -0.05) is 0 Å². The summed E-state index contributed by atoms with van der Waals surface area (Å²) in [5.74, 6) is 0. The SMILES string of the molecule is CS(=O)(=O)c1n[nH]c(=O)s1. The van der Waals surface area contributed by atoms with Gasteiger partial charge in [0, 0.05) is 6.26 Å². The van der Waals surface area contributed by atoms with Crippen molar-refractivity contribution in [3.63, 3.8) is 0 Å². The van der Waals surface area contributed by atoms with Crippen molar-refractivity contribution >= 4 is 21.2 Å². The maximum atomic E-state index is 10.6. The highest BCUT2D eigenvalue weighted by atomic mass is 32.2. The van der Waals surface area contributed by atoms with Crippen molar-refractivity contribution in [1.82, 2.24) is 10.2 Å². The Morgan fingerprint density at radius 2 is 2.20 bits per heavy atom. The highest BCUT2D eigenvalue weighted by Crippen LogP contribution is 2.04. The van der Waals surface area contributed by atoms with Crippen LogP contribution in [0.3, 0.4) is 0 Å². The molecular weight excluding hydrogens is 176 g/mol. The van der Waals surface area contributed by atoms with Crippen LogP contribution in [0.15, 0.2) is 9.13 Å². The zero-order valence-electron chi connectivity index (χ0n) is 4.99. The quantitative estimate of drug-likeness (QED) is 0.615. The van der Waals surface area contributed by atoms with Crippen LogP contribution in [-0.2, 0) is 9.84 Å². The molecule has 7 heteroatoms. The van der Waals surface area contributed by atoms with E-state index in [1.807, 2.05) is 5.10 Å². The number of hydrogen-bond acceptors (Lipinski definition) is 5. The van der Waals surface area contributed by atoms with Gasteiger partial charge in [-0.05, 0) is 11.3 Å². The molecule has 0 bridgehead atoms. The monoisotopic (exact) mass is 180 g/mol. The number of H-pyrrole nitrogens is 1. The molecule has 0 saturated carbocycles. The first-order chi connectivity index (χ1) is 4.50. The third-order valence-corrected chi connectivity index (χ3v) is 3.16. The summed E-state index contributed by atoms with van der Waals surface area (Å²) in [6, 6.07) is 0. The topological polar surface area (TPSA) is 79.9 Å². The fourth-order valence-corrected chi connectivity index (χ4v) is 1.76. The first-order valence-electron chi connectivity index (χ1n) is 2.26. The molecule has 10 heavy (non-hydrogen) atoms. The Morgan fingerprint density at radius 3 is 2.40 bits per heavy atom. The Balaban J connectivity index is 3.34. The van der Waals surface area contributed by atoms with Crippen molar-refractivity contribution in [3.05, 3.63) is 9.67 Å². The average Bonchev–Trinajstić information content (AvgIpc) is 2.11. The molecule has 1 aromatic rings. The Bertz CT molecular complexity index is 372. The van der Waals surface area contributed by atoms with Gasteiger partial charge in [-0.2, -0.15) is 0 Å². The van der Waals surface area contributed by atoms with Crippen molar-refractivity contribution in [3.8, 4) is 0 Å². The minimum atomic E-state index is -3.31. The molecule has 0 saturated heterocycles. The molecule has 1 heterocycles. The third-order valence-electron chi connectivity index (χ3n) is 0.736. The predicted molar refractivity (Wildman–Crippen MR) is 35.8 cm³/mol. The standard InChI is InChI=1S/C3H4N2O3S2/c1-10(7,8)3-5-4-2(6)9-3/h1H3,(H,4,6). The molecule has 0 aliphatic carbocycles. The first kappa shape index (κ1) is 7.42. The maximum Gasteiger partial charge on any atom is 0.323 e. The summed E-state index contributed by atoms with van der Waals surface area (Å²) in [6.07, 6.45) is 0.999. The summed E-state index contributed by atoms with van der Waals surface area (Å²) in [5, 5.41) is 5.29. The minimum Gasteiger partial charge on any atom is -0.255 e. The van der Waals surface area contributed by atoms with Gasteiger partial charge in [-0.3, -0.25) is 4.79 Å². The van der Waals surface area contributed by atoms with Gasteiger partial charge in [-0.15, -0.1) is 5.10 Å². The Kier molecular flexibility index (Phi) is 1.61. The fraction of sp³-hybridized carbons (Fsp3) is 0.333. The van der Waals surface area contributed by atoms with Gasteiger partial charge in [0.15, 0.2) is 0 Å². The summed E-state index contributed by atoms with van der Waals surface area (Å²) in [5.41, 5.74) is 0. The van der Waals surface area contributed by atoms with Crippen molar-refractivity contribution < 1.29 is 8.42 Å². The van der Waals surface area contributed by atoms with E-state index in [-0.39, 0.29) is 4.34 Å². The fourth-order valence-electron chi connectivity index (χ4n) is 0.375. The van der Waals surface area contributed by atoms with E-state index in [2.05, 4.69) is 5.10 Å². The van der Waals surface area contributed by atoms with Crippen molar-refractivity contribution in [2.75, 3.05) is 6.26 Å². The molecule has 0 aromatic carbocycles. The number of nitrogens with one attached hydrogen (secondary N) is 1. The zero-order chi connectivity index (χ0) is 7.78. The molecule has 1 N–H and O–H groups in total. The van der Waals surface area contributed by atoms with Crippen LogP contribution >= 0.6 is 11.3 Å². The number of rotatable bonds is 1. The second-order valence-corrected chi connectivity index (χ2v) is 4.80. The van der Waals surface area contributed by atoms with Crippen LogP contribution in [0.2, 0.25) is 0 Å². The van der Waals surface area contributed by atoms with Crippen LogP contribution in [0.5, 0.6) is 0 Å². The molecule has 0 atom stereocenters. The lowest BCUT2D eigenvalue weighted by molar-refractivity contribution is 0.600. The Hall–Kier alpha value is -0.690. The second-order valence-electron chi connectivity index (χ2n) is 1.65. The molecular formula is C3H4N2O3S2. The molecule has 0 amide bonds. The van der Waals surface area contributed by atoms with Crippen molar-refractivity contribution in [2.45, 2.75) is 4.34 Å². The van der Waals surface area contributed by atoms with Crippen LogP contribution in [0.4, 0.5) is 0 Å². The van der Waals surface area contributed by atoms with Crippen LogP contribution in [0.1, 0.15) is 0 Å². The molecule has 1 rings (SSSR count). The van der Waals surface area contributed by atoms with Gasteiger partial charge >= 0.3 is 4.87 Å². The predicted octanol–water partition coefficient (Wildman–Crippen LogP) is -0.765. The molecule has 0 radical (unpaired) electrons. The largest absolute Gasteiger partial charge is 0.323 e. The van der Waals surface area contributed by atoms with Gasteiger partial charge in [0.05, 0.1) is 0 Å². The van der Waals surface area contributed by atoms with Crippen LogP contribution in [0.25, 0.3) is 0 Å². The lowest BCUT2D eigenvalue weighted by Crippen LogP contribution is -1.95.